The lowest BCUT2D eigenvalue weighted by Gasteiger charge is -2.07. The Kier molecular flexibility index (Phi) is 4.28. The second-order valence-corrected chi connectivity index (χ2v) is 3.31. The van der Waals surface area contributed by atoms with E-state index in [1.807, 2.05) is 0 Å². The van der Waals surface area contributed by atoms with Crippen LogP contribution in [-0.4, -0.2) is 25.4 Å². The van der Waals surface area contributed by atoms with Gasteiger partial charge in [0.1, 0.15) is 12.4 Å². The van der Waals surface area contributed by atoms with Gasteiger partial charge >= 0.3 is 0 Å². The molecule has 0 aliphatic heterocycles. The molecule has 0 aromatic rings. The average molecular weight is 192 g/mol. The van der Waals surface area contributed by atoms with Crippen LogP contribution in [0, 0.1) is 5.92 Å². The second kappa shape index (κ2) is 5.27. The molecular weight excluding hydrogens is 178 g/mol. The highest BCUT2D eigenvalue weighted by atomic mass is 19.3. The van der Waals surface area contributed by atoms with Crippen LogP contribution in [0.2, 0.25) is 0 Å². The molecule has 1 aliphatic carbocycles. The minimum absolute atomic E-state index is 0.0673. The lowest BCUT2D eigenvalue weighted by molar-refractivity contribution is -0.121. The van der Waals surface area contributed by atoms with E-state index in [-0.39, 0.29) is 18.3 Å². The summed E-state index contributed by atoms with van der Waals surface area (Å²) in [5.74, 6) is 0.332. The summed E-state index contributed by atoms with van der Waals surface area (Å²) in [5, 5.41) is 0. The summed E-state index contributed by atoms with van der Waals surface area (Å²) >= 11 is 0. The number of Topliss-reactive ketones (excluding diaryl/α,β-unsaturated/α-hetero) is 1. The molecule has 0 spiro atoms. The second-order valence-electron chi connectivity index (χ2n) is 3.31. The van der Waals surface area contributed by atoms with E-state index >= 15 is 0 Å². The summed E-state index contributed by atoms with van der Waals surface area (Å²) in [7, 11) is 0. The van der Waals surface area contributed by atoms with Gasteiger partial charge < -0.3 is 4.74 Å². The zero-order valence-corrected chi connectivity index (χ0v) is 7.47. The first-order chi connectivity index (χ1) is 6.20. The number of rotatable bonds is 5. The van der Waals surface area contributed by atoms with Crippen LogP contribution < -0.4 is 0 Å². The Morgan fingerprint density at radius 1 is 1.54 bits per heavy atom. The van der Waals surface area contributed by atoms with E-state index in [2.05, 4.69) is 0 Å². The van der Waals surface area contributed by atoms with Crippen LogP contribution >= 0.6 is 0 Å². The highest BCUT2D eigenvalue weighted by molar-refractivity contribution is 5.82. The summed E-state index contributed by atoms with van der Waals surface area (Å²) in [6.07, 6.45) is 0.694. The van der Waals surface area contributed by atoms with Crippen LogP contribution in [0.3, 0.4) is 0 Å². The average Bonchev–Trinajstić information content (AvgIpc) is 2.45. The molecule has 1 fully saturated rings. The molecule has 0 bridgehead atoms. The van der Waals surface area contributed by atoms with Gasteiger partial charge in [-0.05, 0) is 19.3 Å². The molecule has 0 amide bonds. The number of ether oxygens (including phenoxy) is 1. The predicted octanol–water partition coefficient (Wildman–Crippen LogP) is 2.03. The fourth-order valence-corrected chi connectivity index (χ4v) is 1.59. The van der Waals surface area contributed by atoms with Crippen molar-refractivity contribution in [3.8, 4) is 0 Å². The van der Waals surface area contributed by atoms with Gasteiger partial charge in [0.25, 0.3) is 6.43 Å². The van der Waals surface area contributed by atoms with Gasteiger partial charge in [-0.25, -0.2) is 8.78 Å². The molecule has 1 saturated carbocycles. The molecule has 0 N–H and O–H groups in total. The Bertz CT molecular complexity index is 171. The van der Waals surface area contributed by atoms with Gasteiger partial charge in [-0.15, -0.1) is 0 Å². The van der Waals surface area contributed by atoms with Crippen molar-refractivity contribution in [2.75, 3.05) is 13.2 Å². The lowest BCUT2D eigenvalue weighted by Crippen LogP contribution is -2.12. The SMILES string of the molecule is O=C1CCCC1CCOCC(F)F. The van der Waals surface area contributed by atoms with Crippen molar-refractivity contribution >= 4 is 5.78 Å². The van der Waals surface area contributed by atoms with Crippen LogP contribution in [0.5, 0.6) is 0 Å². The molecular formula is C9H14F2O2. The number of carbonyl (C=O) groups is 1. The molecule has 76 valence electrons. The molecule has 0 aromatic heterocycles. The van der Waals surface area contributed by atoms with Gasteiger partial charge in [0.05, 0.1) is 0 Å². The summed E-state index contributed by atoms with van der Waals surface area (Å²) in [6, 6.07) is 0. The maximum atomic E-state index is 11.6. The summed E-state index contributed by atoms with van der Waals surface area (Å²) in [4.78, 5) is 11.1. The number of carbonyl (C=O) groups excluding carboxylic acids is 1. The smallest absolute Gasteiger partial charge is 0.261 e. The van der Waals surface area contributed by atoms with Gasteiger partial charge in [-0.2, -0.15) is 0 Å². The number of ketones is 1. The third kappa shape index (κ3) is 3.81. The highest BCUT2D eigenvalue weighted by Crippen LogP contribution is 2.23. The van der Waals surface area contributed by atoms with Gasteiger partial charge in [0, 0.05) is 18.9 Å². The topological polar surface area (TPSA) is 26.3 Å². The zero-order chi connectivity index (χ0) is 9.68. The van der Waals surface area contributed by atoms with E-state index in [4.69, 9.17) is 4.74 Å². The first kappa shape index (κ1) is 10.6. The Labute approximate surface area is 76.3 Å². The van der Waals surface area contributed by atoms with Gasteiger partial charge in [0.15, 0.2) is 0 Å². The summed E-state index contributed by atoms with van der Waals surface area (Å²) in [5.41, 5.74) is 0. The minimum atomic E-state index is -2.40. The molecule has 1 aliphatic rings. The van der Waals surface area contributed by atoms with Crippen molar-refractivity contribution in [1.82, 2.24) is 0 Å². The normalized spacial score (nSPS) is 23.0. The third-order valence-corrected chi connectivity index (χ3v) is 2.29. The molecule has 1 atom stereocenters. The Balaban J connectivity index is 2.02. The maximum Gasteiger partial charge on any atom is 0.261 e. The third-order valence-electron chi connectivity index (χ3n) is 2.29. The minimum Gasteiger partial charge on any atom is -0.376 e. The molecule has 0 aromatic carbocycles. The van der Waals surface area contributed by atoms with Crippen molar-refractivity contribution < 1.29 is 18.3 Å². The highest BCUT2D eigenvalue weighted by Gasteiger charge is 2.23. The van der Waals surface area contributed by atoms with Crippen molar-refractivity contribution in [3.05, 3.63) is 0 Å². The number of hydrogen-bond donors (Lipinski definition) is 0. The van der Waals surface area contributed by atoms with Gasteiger partial charge in [-0.3, -0.25) is 4.79 Å². The van der Waals surface area contributed by atoms with Crippen LogP contribution in [0.15, 0.2) is 0 Å². The molecule has 0 saturated heterocycles. The summed E-state index contributed by atoms with van der Waals surface area (Å²) < 4.78 is 27.9. The van der Waals surface area contributed by atoms with Crippen molar-refractivity contribution in [2.45, 2.75) is 32.1 Å². The van der Waals surface area contributed by atoms with Crippen molar-refractivity contribution in [3.63, 3.8) is 0 Å². The molecule has 0 heterocycles. The number of hydrogen-bond acceptors (Lipinski definition) is 2. The van der Waals surface area contributed by atoms with Crippen LogP contribution in [0.1, 0.15) is 25.7 Å². The first-order valence-electron chi connectivity index (χ1n) is 4.58. The van der Waals surface area contributed by atoms with Crippen molar-refractivity contribution in [1.29, 1.82) is 0 Å². The fraction of sp³-hybridized carbons (Fsp3) is 0.889. The molecule has 0 radical (unpaired) electrons. The standard InChI is InChI=1S/C9H14F2O2/c10-9(11)6-13-5-4-7-2-1-3-8(7)12/h7,9H,1-6H2. The van der Waals surface area contributed by atoms with Crippen molar-refractivity contribution in [2.24, 2.45) is 5.92 Å². The number of alkyl halides is 2. The zero-order valence-electron chi connectivity index (χ0n) is 7.47. The van der Waals surface area contributed by atoms with E-state index < -0.39 is 13.0 Å². The van der Waals surface area contributed by atoms with Gasteiger partial charge in [-0.1, -0.05) is 0 Å². The number of halogens is 2. The van der Waals surface area contributed by atoms with E-state index in [9.17, 15) is 13.6 Å². The Morgan fingerprint density at radius 2 is 2.31 bits per heavy atom. The molecule has 13 heavy (non-hydrogen) atoms. The lowest BCUT2D eigenvalue weighted by atomic mass is 10.0. The van der Waals surface area contributed by atoms with E-state index in [0.717, 1.165) is 12.8 Å². The monoisotopic (exact) mass is 192 g/mol. The molecule has 4 heteroatoms. The van der Waals surface area contributed by atoms with Crippen LogP contribution in [-0.2, 0) is 9.53 Å². The van der Waals surface area contributed by atoms with E-state index in [1.54, 1.807) is 0 Å². The molecule has 1 unspecified atom stereocenters. The van der Waals surface area contributed by atoms with Crippen LogP contribution in [0.4, 0.5) is 8.78 Å². The largest absolute Gasteiger partial charge is 0.376 e. The fourth-order valence-electron chi connectivity index (χ4n) is 1.59. The first-order valence-corrected chi connectivity index (χ1v) is 4.58. The molecule has 1 rings (SSSR count). The molecule has 2 nitrogen and oxygen atoms in total. The van der Waals surface area contributed by atoms with E-state index in [0.29, 0.717) is 12.8 Å². The predicted molar refractivity (Wildman–Crippen MR) is 43.8 cm³/mol. The van der Waals surface area contributed by atoms with Gasteiger partial charge in [0.2, 0.25) is 0 Å². The Morgan fingerprint density at radius 3 is 2.85 bits per heavy atom. The van der Waals surface area contributed by atoms with E-state index in [1.165, 1.54) is 0 Å². The quantitative estimate of drug-likeness (QED) is 0.623. The Hall–Kier alpha value is -0.510. The van der Waals surface area contributed by atoms with Crippen LogP contribution in [0.25, 0.3) is 0 Å². The maximum absolute atomic E-state index is 11.6. The summed E-state index contributed by atoms with van der Waals surface area (Å²) in [6.45, 7) is -0.234.